The van der Waals surface area contributed by atoms with Gasteiger partial charge in [-0.25, -0.2) is 0 Å². The van der Waals surface area contributed by atoms with E-state index >= 15 is 0 Å². The quantitative estimate of drug-likeness (QED) is 0.726. The maximum Gasteiger partial charge on any atom is 0.0914 e. The summed E-state index contributed by atoms with van der Waals surface area (Å²) in [5.41, 5.74) is 0.207. The van der Waals surface area contributed by atoms with Gasteiger partial charge in [0.05, 0.1) is 11.7 Å². The van der Waals surface area contributed by atoms with Crippen molar-refractivity contribution in [2.24, 2.45) is 0 Å². The lowest BCUT2D eigenvalue weighted by molar-refractivity contribution is -0.0623. The van der Waals surface area contributed by atoms with Gasteiger partial charge < -0.3 is 20.3 Å². The molecule has 0 aromatic heterocycles. The van der Waals surface area contributed by atoms with E-state index < -0.39 is 11.7 Å². The summed E-state index contributed by atoms with van der Waals surface area (Å²) >= 11 is 0. The first-order chi connectivity index (χ1) is 8.70. The minimum Gasteiger partial charge on any atom is -0.388 e. The molecule has 3 N–H and O–H groups in total. The van der Waals surface area contributed by atoms with Crippen LogP contribution in [0.4, 0.5) is 0 Å². The van der Waals surface area contributed by atoms with E-state index in [1.807, 2.05) is 30.3 Å². The lowest BCUT2D eigenvalue weighted by Gasteiger charge is -2.32. The number of hydrogen-bond donors (Lipinski definition) is 3. The number of nitrogens with one attached hydrogen (secondary N) is 1. The largest absolute Gasteiger partial charge is 0.388 e. The van der Waals surface area contributed by atoms with Gasteiger partial charge in [0.15, 0.2) is 0 Å². The Morgan fingerprint density at radius 2 is 1.89 bits per heavy atom. The minimum absolute atomic E-state index is 0.452. The number of aliphatic hydroxyl groups is 2. The standard InChI is InChI=1S/C14H21NO3/c16-13(12-4-2-1-3-5-12)10-15-11-14(17)6-8-18-9-7-14/h1-5,13,15-17H,6-11H2. The topological polar surface area (TPSA) is 61.7 Å². The third-order valence-corrected chi connectivity index (χ3v) is 3.40. The monoisotopic (exact) mass is 251 g/mol. The summed E-state index contributed by atoms with van der Waals surface area (Å²) in [4.78, 5) is 0. The van der Waals surface area contributed by atoms with Gasteiger partial charge in [-0.05, 0) is 5.56 Å². The van der Waals surface area contributed by atoms with Crippen LogP contribution in [0.15, 0.2) is 30.3 Å². The predicted molar refractivity (Wildman–Crippen MR) is 69.3 cm³/mol. The fourth-order valence-electron chi connectivity index (χ4n) is 2.16. The Morgan fingerprint density at radius 3 is 2.56 bits per heavy atom. The second-order valence-electron chi connectivity index (χ2n) is 4.89. The molecule has 1 unspecified atom stereocenters. The zero-order valence-corrected chi connectivity index (χ0v) is 10.5. The molecular weight excluding hydrogens is 230 g/mol. The van der Waals surface area contributed by atoms with Crippen molar-refractivity contribution in [1.82, 2.24) is 5.32 Å². The van der Waals surface area contributed by atoms with Crippen molar-refractivity contribution in [3.8, 4) is 0 Å². The first kappa shape index (κ1) is 13.5. The van der Waals surface area contributed by atoms with Crippen molar-refractivity contribution in [3.63, 3.8) is 0 Å². The molecule has 0 bridgehead atoms. The summed E-state index contributed by atoms with van der Waals surface area (Å²) in [7, 11) is 0. The van der Waals surface area contributed by atoms with Gasteiger partial charge in [-0.15, -0.1) is 0 Å². The van der Waals surface area contributed by atoms with E-state index in [0.29, 0.717) is 39.1 Å². The summed E-state index contributed by atoms with van der Waals surface area (Å²) in [5, 5.41) is 23.3. The van der Waals surface area contributed by atoms with Gasteiger partial charge >= 0.3 is 0 Å². The SMILES string of the molecule is OC(CNCC1(O)CCOCC1)c1ccccc1. The average molecular weight is 251 g/mol. The number of ether oxygens (including phenoxy) is 1. The smallest absolute Gasteiger partial charge is 0.0914 e. The number of rotatable bonds is 5. The predicted octanol–water partition coefficient (Wildman–Crippen LogP) is 0.851. The van der Waals surface area contributed by atoms with Crippen molar-refractivity contribution in [3.05, 3.63) is 35.9 Å². The molecule has 1 aliphatic rings. The van der Waals surface area contributed by atoms with E-state index in [-0.39, 0.29) is 0 Å². The second kappa shape index (κ2) is 6.29. The van der Waals surface area contributed by atoms with Gasteiger partial charge in [-0.2, -0.15) is 0 Å². The highest BCUT2D eigenvalue weighted by Crippen LogP contribution is 2.19. The summed E-state index contributed by atoms with van der Waals surface area (Å²) in [6, 6.07) is 9.54. The van der Waals surface area contributed by atoms with E-state index in [0.717, 1.165) is 5.56 Å². The zero-order valence-electron chi connectivity index (χ0n) is 10.5. The summed E-state index contributed by atoms with van der Waals surface area (Å²) in [5.74, 6) is 0. The maximum atomic E-state index is 10.2. The van der Waals surface area contributed by atoms with E-state index in [9.17, 15) is 10.2 Å². The van der Waals surface area contributed by atoms with Crippen LogP contribution in [0.25, 0.3) is 0 Å². The van der Waals surface area contributed by atoms with Crippen molar-refractivity contribution < 1.29 is 14.9 Å². The van der Waals surface area contributed by atoms with Crippen LogP contribution >= 0.6 is 0 Å². The molecule has 1 atom stereocenters. The molecule has 18 heavy (non-hydrogen) atoms. The molecule has 1 saturated heterocycles. The Morgan fingerprint density at radius 1 is 1.22 bits per heavy atom. The third-order valence-electron chi connectivity index (χ3n) is 3.40. The zero-order chi connectivity index (χ0) is 12.8. The van der Waals surface area contributed by atoms with Crippen molar-refractivity contribution in [1.29, 1.82) is 0 Å². The molecule has 1 fully saturated rings. The minimum atomic E-state index is -0.686. The Kier molecular flexibility index (Phi) is 4.72. The molecule has 0 aliphatic carbocycles. The van der Waals surface area contributed by atoms with Gasteiger partial charge in [0.2, 0.25) is 0 Å². The number of aliphatic hydroxyl groups excluding tert-OH is 1. The molecule has 1 aromatic carbocycles. The first-order valence-corrected chi connectivity index (χ1v) is 6.43. The normalized spacial score (nSPS) is 20.6. The molecule has 0 saturated carbocycles. The Bertz CT molecular complexity index is 349. The van der Waals surface area contributed by atoms with Crippen LogP contribution in [0.2, 0.25) is 0 Å². The van der Waals surface area contributed by atoms with Crippen molar-refractivity contribution in [2.45, 2.75) is 24.5 Å². The van der Waals surface area contributed by atoms with E-state index in [1.165, 1.54) is 0 Å². The van der Waals surface area contributed by atoms with Gasteiger partial charge in [-0.1, -0.05) is 30.3 Å². The fraction of sp³-hybridized carbons (Fsp3) is 0.571. The first-order valence-electron chi connectivity index (χ1n) is 6.43. The number of hydrogen-bond acceptors (Lipinski definition) is 4. The third kappa shape index (κ3) is 3.78. The van der Waals surface area contributed by atoms with Crippen LogP contribution in [-0.4, -0.2) is 42.1 Å². The summed E-state index contributed by atoms with van der Waals surface area (Å²) in [6.07, 6.45) is 0.776. The fourth-order valence-corrected chi connectivity index (χ4v) is 2.16. The highest BCUT2D eigenvalue weighted by atomic mass is 16.5. The van der Waals surface area contributed by atoms with Crippen LogP contribution in [0.3, 0.4) is 0 Å². The lowest BCUT2D eigenvalue weighted by Crippen LogP contribution is -2.45. The highest BCUT2D eigenvalue weighted by Gasteiger charge is 2.29. The van der Waals surface area contributed by atoms with Crippen LogP contribution in [0, 0.1) is 0 Å². The van der Waals surface area contributed by atoms with Gasteiger partial charge in [0.25, 0.3) is 0 Å². The van der Waals surface area contributed by atoms with E-state index in [2.05, 4.69) is 5.32 Å². The van der Waals surface area contributed by atoms with Crippen LogP contribution in [0.5, 0.6) is 0 Å². The Balaban J connectivity index is 1.75. The molecule has 4 nitrogen and oxygen atoms in total. The maximum absolute atomic E-state index is 10.2. The highest BCUT2D eigenvalue weighted by molar-refractivity contribution is 5.17. The molecule has 100 valence electrons. The molecule has 4 heteroatoms. The second-order valence-corrected chi connectivity index (χ2v) is 4.89. The van der Waals surface area contributed by atoms with E-state index in [1.54, 1.807) is 0 Å². The molecule has 0 amide bonds. The molecule has 2 rings (SSSR count). The molecular formula is C14H21NO3. The van der Waals surface area contributed by atoms with Crippen molar-refractivity contribution >= 4 is 0 Å². The summed E-state index contributed by atoms with van der Waals surface area (Å²) in [6.45, 7) is 2.17. The van der Waals surface area contributed by atoms with Gasteiger partial charge in [0, 0.05) is 39.1 Å². The van der Waals surface area contributed by atoms with Crippen LogP contribution in [0.1, 0.15) is 24.5 Å². The molecule has 1 aliphatic heterocycles. The number of benzene rings is 1. The molecule has 1 heterocycles. The van der Waals surface area contributed by atoms with E-state index in [4.69, 9.17) is 4.74 Å². The molecule has 0 radical (unpaired) electrons. The van der Waals surface area contributed by atoms with Crippen molar-refractivity contribution in [2.75, 3.05) is 26.3 Å². The average Bonchev–Trinajstić information content (AvgIpc) is 2.40. The lowest BCUT2D eigenvalue weighted by atomic mass is 9.94. The van der Waals surface area contributed by atoms with Crippen LogP contribution < -0.4 is 5.32 Å². The Labute approximate surface area is 108 Å². The van der Waals surface area contributed by atoms with Gasteiger partial charge in [-0.3, -0.25) is 0 Å². The van der Waals surface area contributed by atoms with Gasteiger partial charge in [0.1, 0.15) is 0 Å². The molecule has 1 aromatic rings. The Hall–Kier alpha value is -0.940. The van der Waals surface area contributed by atoms with Crippen LogP contribution in [-0.2, 0) is 4.74 Å². The summed E-state index contributed by atoms with van der Waals surface area (Å²) < 4.78 is 5.22. The molecule has 0 spiro atoms.